The van der Waals surface area contributed by atoms with Crippen LogP contribution in [0.2, 0.25) is 0 Å². The Morgan fingerprint density at radius 2 is 2.00 bits per heavy atom. The molecule has 0 heterocycles. The molecule has 0 aromatic heterocycles. The van der Waals surface area contributed by atoms with Crippen molar-refractivity contribution in [1.82, 2.24) is 0 Å². The Kier molecular flexibility index (Phi) is 3.17. The summed E-state index contributed by atoms with van der Waals surface area (Å²) in [6, 6.07) is 7.15. The molecule has 1 nitrogen and oxygen atoms in total. The number of aromatic hydroxyl groups is 1. The van der Waals surface area contributed by atoms with Gasteiger partial charge in [-0.25, -0.2) is 0 Å². The Balaban J connectivity index is 0.000000640. The molecule has 0 radical (unpaired) electrons. The van der Waals surface area contributed by atoms with E-state index >= 15 is 0 Å². The van der Waals surface area contributed by atoms with Crippen molar-refractivity contribution in [2.24, 2.45) is 0 Å². The molecule has 0 fully saturated rings. The van der Waals surface area contributed by atoms with Crippen molar-refractivity contribution in [3.8, 4) is 5.75 Å². The van der Waals surface area contributed by atoms with Gasteiger partial charge < -0.3 is 5.11 Å². The molecule has 0 saturated heterocycles. The van der Waals surface area contributed by atoms with Crippen LogP contribution in [0.25, 0.3) is 0 Å². The number of benzene rings is 1. The summed E-state index contributed by atoms with van der Waals surface area (Å²) in [7, 11) is 0. The van der Waals surface area contributed by atoms with Crippen LogP contribution in [-0.2, 0) is 0 Å². The topological polar surface area (TPSA) is 20.2 Å². The van der Waals surface area contributed by atoms with Crippen LogP contribution in [0.15, 0.2) is 24.3 Å². The number of phenols is 1. The number of hydrogen-bond donors (Lipinski definition) is 1. The molecule has 1 N–H and O–H groups in total. The number of rotatable bonds is 0. The highest BCUT2D eigenvalue weighted by molar-refractivity contribution is 7.59. The van der Waals surface area contributed by atoms with Gasteiger partial charge in [0.15, 0.2) is 0 Å². The van der Waals surface area contributed by atoms with Gasteiger partial charge >= 0.3 is 0 Å². The van der Waals surface area contributed by atoms with Gasteiger partial charge in [-0.1, -0.05) is 12.1 Å². The van der Waals surface area contributed by atoms with E-state index in [-0.39, 0.29) is 13.5 Å². The van der Waals surface area contributed by atoms with Crippen LogP contribution in [0.4, 0.5) is 0 Å². The fourth-order valence-electron chi connectivity index (χ4n) is 0.628. The van der Waals surface area contributed by atoms with E-state index in [1.165, 1.54) is 0 Å². The summed E-state index contributed by atoms with van der Waals surface area (Å²) >= 11 is 0. The van der Waals surface area contributed by atoms with Crippen molar-refractivity contribution >= 4 is 13.5 Å². The second-order valence-electron chi connectivity index (χ2n) is 1.84. The van der Waals surface area contributed by atoms with Crippen LogP contribution in [0.5, 0.6) is 5.75 Å². The minimum atomic E-state index is 0. The van der Waals surface area contributed by atoms with Crippen molar-refractivity contribution in [3.05, 3.63) is 29.8 Å². The highest BCUT2D eigenvalue weighted by atomic mass is 32.1. The smallest absolute Gasteiger partial charge is 0.115 e. The van der Waals surface area contributed by atoms with Crippen molar-refractivity contribution in [1.29, 1.82) is 0 Å². The fraction of sp³-hybridized carbons (Fsp3) is 0.143. The minimum Gasteiger partial charge on any atom is -0.508 e. The first kappa shape index (κ1) is 8.37. The van der Waals surface area contributed by atoms with Crippen LogP contribution < -0.4 is 0 Å². The van der Waals surface area contributed by atoms with Gasteiger partial charge in [0.2, 0.25) is 0 Å². The monoisotopic (exact) mass is 142 g/mol. The largest absolute Gasteiger partial charge is 0.508 e. The van der Waals surface area contributed by atoms with E-state index in [0.29, 0.717) is 5.75 Å². The van der Waals surface area contributed by atoms with Crippen molar-refractivity contribution in [2.75, 3.05) is 0 Å². The van der Waals surface area contributed by atoms with E-state index in [1.807, 2.05) is 19.1 Å². The van der Waals surface area contributed by atoms with Gasteiger partial charge in [-0.15, -0.1) is 0 Å². The van der Waals surface area contributed by atoms with Gasteiger partial charge in [0, 0.05) is 0 Å². The first-order chi connectivity index (χ1) is 3.79. The van der Waals surface area contributed by atoms with Crippen LogP contribution in [-0.4, -0.2) is 5.11 Å². The highest BCUT2D eigenvalue weighted by Gasteiger charge is 1.83. The molecular weight excluding hydrogens is 132 g/mol. The molecule has 0 aliphatic heterocycles. The number of aryl methyl sites for hydroxylation is 1. The molecule has 1 aromatic carbocycles. The third-order valence-electron chi connectivity index (χ3n) is 1.00. The maximum Gasteiger partial charge on any atom is 0.115 e. The SMILES string of the molecule is Cc1cccc(O)c1.S. The summed E-state index contributed by atoms with van der Waals surface area (Å²) in [5, 5.41) is 8.81. The zero-order valence-electron chi connectivity index (χ0n) is 5.26. The summed E-state index contributed by atoms with van der Waals surface area (Å²) < 4.78 is 0. The van der Waals surface area contributed by atoms with E-state index < -0.39 is 0 Å². The number of hydrogen-bond acceptors (Lipinski definition) is 1. The van der Waals surface area contributed by atoms with Crippen LogP contribution in [0, 0.1) is 6.92 Å². The summed E-state index contributed by atoms with van der Waals surface area (Å²) in [5.41, 5.74) is 1.09. The number of phenolic OH excluding ortho intramolecular Hbond substituents is 1. The van der Waals surface area contributed by atoms with Crippen LogP contribution >= 0.6 is 13.5 Å². The Labute approximate surface area is 61.8 Å². The third kappa shape index (κ3) is 2.42. The zero-order valence-corrected chi connectivity index (χ0v) is 6.26. The van der Waals surface area contributed by atoms with Gasteiger partial charge in [-0.3, -0.25) is 0 Å². The lowest BCUT2D eigenvalue weighted by Gasteiger charge is -1.89. The Morgan fingerprint density at radius 1 is 1.33 bits per heavy atom. The molecule has 0 spiro atoms. The normalized spacial score (nSPS) is 8.11. The van der Waals surface area contributed by atoms with E-state index in [0.717, 1.165) is 5.56 Å². The second-order valence-corrected chi connectivity index (χ2v) is 1.84. The Bertz CT molecular complexity index is 169. The first-order valence-electron chi connectivity index (χ1n) is 2.54. The first-order valence-corrected chi connectivity index (χ1v) is 2.54. The van der Waals surface area contributed by atoms with Gasteiger partial charge in [0.1, 0.15) is 5.75 Å². The second kappa shape index (κ2) is 3.41. The molecule has 0 aliphatic carbocycles. The quantitative estimate of drug-likeness (QED) is 0.585. The molecule has 0 saturated carbocycles. The summed E-state index contributed by atoms with van der Waals surface area (Å²) in [4.78, 5) is 0. The molecule has 1 aromatic rings. The average molecular weight is 142 g/mol. The molecule has 9 heavy (non-hydrogen) atoms. The maximum absolute atomic E-state index is 8.81. The molecule has 1 rings (SSSR count). The van der Waals surface area contributed by atoms with Crippen molar-refractivity contribution in [3.63, 3.8) is 0 Å². The van der Waals surface area contributed by atoms with Crippen LogP contribution in [0.1, 0.15) is 5.56 Å². The third-order valence-corrected chi connectivity index (χ3v) is 1.00. The highest BCUT2D eigenvalue weighted by Crippen LogP contribution is 2.08. The van der Waals surface area contributed by atoms with E-state index in [2.05, 4.69) is 0 Å². The van der Waals surface area contributed by atoms with Crippen molar-refractivity contribution < 1.29 is 5.11 Å². The standard InChI is InChI=1S/C7H8O.H2S/c1-6-3-2-4-7(8)5-6;/h2-5,8H,1H3;1H2. The van der Waals surface area contributed by atoms with Crippen LogP contribution in [0.3, 0.4) is 0 Å². The molecule has 0 aliphatic rings. The predicted octanol–water partition coefficient (Wildman–Crippen LogP) is 1.81. The summed E-state index contributed by atoms with van der Waals surface area (Å²) in [6.45, 7) is 1.94. The average Bonchev–Trinajstić information content (AvgIpc) is 1.64. The van der Waals surface area contributed by atoms with E-state index in [1.54, 1.807) is 12.1 Å². The molecule has 0 unspecified atom stereocenters. The van der Waals surface area contributed by atoms with Gasteiger partial charge in [0.05, 0.1) is 0 Å². The molecular formula is C7H10OS. The van der Waals surface area contributed by atoms with E-state index in [9.17, 15) is 0 Å². The summed E-state index contributed by atoms with van der Waals surface area (Å²) in [5.74, 6) is 0.338. The lowest BCUT2D eigenvalue weighted by Crippen LogP contribution is -1.66. The molecule has 0 bridgehead atoms. The maximum atomic E-state index is 8.81. The Hall–Kier alpha value is -0.630. The summed E-state index contributed by atoms with van der Waals surface area (Å²) in [6.07, 6.45) is 0. The van der Waals surface area contributed by atoms with E-state index in [4.69, 9.17) is 5.11 Å². The van der Waals surface area contributed by atoms with Crippen molar-refractivity contribution in [2.45, 2.75) is 6.92 Å². The predicted molar refractivity (Wildman–Crippen MR) is 43.2 cm³/mol. The lowest BCUT2D eigenvalue weighted by molar-refractivity contribution is 0.475. The van der Waals surface area contributed by atoms with Gasteiger partial charge in [-0.2, -0.15) is 13.5 Å². The van der Waals surface area contributed by atoms with Gasteiger partial charge in [0.25, 0.3) is 0 Å². The minimum absolute atomic E-state index is 0. The molecule has 2 heteroatoms. The lowest BCUT2D eigenvalue weighted by atomic mass is 10.2. The molecule has 0 atom stereocenters. The molecule has 50 valence electrons. The van der Waals surface area contributed by atoms with Gasteiger partial charge in [-0.05, 0) is 24.6 Å². The Morgan fingerprint density at radius 3 is 2.33 bits per heavy atom. The zero-order chi connectivity index (χ0) is 5.98. The fourth-order valence-corrected chi connectivity index (χ4v) is 0.628. The molecule has 0 amide bonds.